The van der Waals surface area contributed by atoms with Crippen LogP contribution in [0.5, 0.6) is 5.75 Å². The van der Waals surface area contributed by atoms with Crippen LogP contribution in [0, 0.1) is 6.92 Å². The molecule has 39 heavy (non-hydrogen) atoms. The monoisotopic (exact) mass is 536 g/mol. The first-order valence-electron chi connectivity index (χ1n) is 12.3. The van der Waals surface area contributed by atoms with Crippen LogP contribution >= 0.6 is 0 Å². The molecule has 0 aliphatic rings. The number of benzene rings is 3. The Balaban J connectivity index is 1.79. The van der Waals surface area contributed by atoms with Gasteiger partial charge in [-0.15, -0.1) is 10.2 Å². The van der Waals surface area contributed by atoms with Crippen LogP contribution in [-0.2, 0) is 6.42 Å². The highest BCUT2D eigenvalue weighted by molar-refractivity contribution is 6.01. The molecule has 0 fully saturated rings. The molecule has 0 spiro atoms. The average Bonchev–Trinajstić information content (AvgIpc) is 3.44. The first-order valence-corrected chi connectivity index (χ1v) is 12.3. The number of allylic oxidation sites excluding steroid dienone is 2. The Morgan fingerprint density at radius 1 is 1.05 bits per heavy atom. The topological polar surface area (TPSA) is 105 Å². The highest BCUT2D eigenvalue weighted by atomic mass is 19.4. The lowest BCUT2D eigenvalue weighted by Crippen LogP contribution is -2.20. The molecular formula is C28H27F3N6O2. The van der Waals surface area contributed by atoms with Crippen molar-refractivity contribution in [2.75, 3.05) is 17.2 Å². The number of carbonyl (C=O) groups excluding carboxylic acids is 1. The molecule has 0 saturated carbocycles. The Kier molecular flexibility index (Phi) is 8.60. The Labute approximate surface area is 223 Å². The van der Waals surface area contributed by atoms with E-state index in [2.05, 4.69) is 31.3 Å². The van der Waals surface area contributed by atoms with Crippen molar-refractivity contribution in [1.82, 2.24) is 20.6 Å². The van der Waals surface area contributed by atoms with Gasteiger partial charge in [0.05, 0.1) is 12.3 Å². The van der Waals surface area contributed by atoms with Crippen LogP contribution in [0.25, 0.3) is 22.5 Å². The van der Waals surface area contributed by atoms with Gasteiger partial charge >= 0.3 is 12.2 Å². The number of halogens is 3. The molecule has 202 valence electrons. The number of alkyl halides is 3. The number of hydrogen-bond donors (Lipinski definition) is 3. The number of amides is 2. The summed E-state index contributed by atoms with van der Waals surface area (Å²) in [6, 6.07) is 17.5. The molecule has 0 radical (unpaired) electrons. The van der Waals surface area contributed by atoms with Crippen LogP contribution in [0.4, 0.5) is 29.3 Å². The third-order valence-electron chi connectivity index (χ3n) is 5.64. The summed E-state index contributed by atoms with van der Waals surface area (Å²) in [7, 11) is 0. The number of nitrogens with zero attached hydrogens (tertiary/aromatic N) is 3. The largest absolute Gasteiger partial charge is 0.491 e. The van der Waals surface area contributed by atoms with E-state index in [1.165, 1.54) is 0 Å². The standard InChI is InChI=1S/C28H27F3N6O2/c1-3-15-39-25-19(7-6-14-28(29,30)31)16-20(22-8-4-5-9-23(22)26-34-36-37-35-26)17-24(25)33-27(38)32-21-12-10-18(2)11-13-21/h4-6,8-14,16-17H,3,7,15H2,1-2H3,(H2,32,33,38)(H,34,35,36,37)/b14-6-. The second-order valence-corrected chi connectivity index (χ2v) is 8.73. The van der Waals surface area contributed by atoms with E-state index >= 15 is 0 Å². The average molecular weight is 537 g/mol. The number of H-pyrrole nitrogens is 1. The molecule has 0 aliphatic carbocycles. The summed E-state index contributed by atoms with van der Waals surface area (Å²) in [6.45, 7) is 4.16. The molecule has 0 saturated heterocycles. The van der Waals surface area contributed by atoms with Crippen molar-refractivity contribution in [3.8, 4) is 28.3 Å². The fourth-order valence-corrected chi connectivity index (χ4v) is 3.91. The number of anilines is 2. The highest BCUT2D eigenvalue weighted by Crippen LogP contribution is 2.39. The summed E-state index contributed by atoms with van der Waals surface area (Å²) < 4.78 is 44.6. The van der Waals surface area contributed by atoms with Gasteiger partial charge in [-0.1, -0.05) is 55.0 Å². The Hall–Kier alpha value is -4.67. The molecule has 2 amide bonds. The zero-order chi connectivity index (χ0) is 27.8. The van der Waals surface area contributed by atoms with E-state index in [1.807, 2.05) is 50.2 Å². The van der Waals surface area contributed by atoms with Gasteiger partial charge in [0.1, 0.15) is 5.75 Å². The first-order chi connectivity index (χ1) is 18.7. The van der Waals surface area contributed by atoms with Gasteiger partial charge in [0.15, 0.2) is 0 Å². The lowest BCUT2D eigenvalue weighted by molar-refractivity contribution is -0.0800. The first kappa shape index (κ1) is 27.4. The van der Waals surface area contributed by atoms with E-state index in [4.69, 9.17) is 4.74 Å². The van der Waals surface area contributed by atoms with Gasteiger partial charge < -0.3 is 15.4 Å². The summed E-state index contributed by atoms with van der Waals surface area (Å²) in [5.74, 6) is 0.644. The van der Waals surface area contributed by atoms with Crippen molar-refractivity contribution in [1.29, 1.82) is 0 Å². The van der Waals surface area contributed by atoms with Gasteiger partial charge in [-0.3, -0.25) is 0 Å². The van der Waals surface area contributed by atoms with Crippen LogP contribution in [0.2, 0.25) is 0 Å². The molecule has 0 bridgehead atoms. The predicted octanol–water partition coefficient (Wildman–Crippen LogP) is 6.94. The predicted molar refractivity (Wildman–Crippen MR) is 144 cm³/mol. The molecule has 8 nitrogen and oxygen atoms in total. The molecule has 1 heterocycles. The van der Waals surface area contributed by atoms with Crippen molar-refractivity contribution in [2.45, 2.75) is 32.9 Å². The Morgan fingerprint density at radius 2 is 1.79 bits per heavy atom. The minimum Gasteiger partial charge on any atom is -0.491 e. The van der Waals surface area contributed by atoms with E-state index in [-0.39, 0.29) is 12.5 Å². The van der Waals surface area contributed by atoms with Crippen LogP contribution in [0.3, 0.4) is 0 Å². The number of carbonyl (C=O) groups is 1. The van der Waals surface area contributed by atoms with Crippen LogP contribution < -0.4 is 15.4 Å². The number of nitrogens with one attached hydrogen (secondary N) is 3. The van der Waals surface area contributed by atoms with Crippen molar-refractivity contribution < 1.29 is 22.7 Å². The van der Waals surface area contributed by atoms with Gasteiger partial charge in [-0.2, -0.15) is 18.4 Å². The van der Waals surface area contributed by atoms with E-state index in [0.29, 0.717) is 58.2 Å². The van der Waals surface area contributed by atoms with Gasteiger partial charge in [0, 0.05) is 22.9 Å². The molecule has 3 N–H and O–H groups in total. The summed E-state index contributed by atoms with van der Waals surface area (Å²) >= 11 is 0. The number of urea groups is 1. The molecule has 0 unspecified atom stereocenters. The fourth-order valence-electron chi connectivity index (χ4n) is 3.91. The summed E-state index contributed by atoms with van der Waals surface area (Å²) in [4.78, 5) is 13.0. The highest BCUT2D eigenvalue weighted by Gasteiger charge is 2.22. The van der Waals surface area contributed by atoms with Crippen molar-refractivity contribution >= 4 is 17.4 Å². The molecular weight excluding hydrogens is 509 g/mol. The number of hydrogen-bond acceptors (Lipinski definition) is 5. The third kappa shape index (κ3) is 7.44. The number of tetrazole rings is 1. The minimum absolute atomic E-state index is 0.0783. The second kappa shape index (κ2) is 12.2. The zero-order valence-corrected chi connectivity index (χ0v) is 21.3. The molecule has 0 atom stereocenters. The fraction of sp³-hybridized carbons (Fsp3) is 0.214. The maximum absolute atomic E-state index is 13.0. The lowest BCUT2D eigenvalue weighted by Gasteiger charge is -2.19. The number of aryl methyl sites for hydroxylation is 1. The lowest BCUT2D eigenvalue weighted by atomic mass is 9.95. The molecule has 0 aliphatic heterocycles. The molecule has 3 aromatic carbocycles. The van der Waals surface area contributed by atoms with Crippen LogP contribution in [0.1, 0.15) is 24.5 Å². The van der Waals surface area contributed by atoms with Crippen LogP contribution in [-0.4, -0.2) is 39.4 Å². The van der Waals surface area contributed by atoms with Crippen molar-refractivity contribution in [3.05, 3.63) is 83.9 Å². The summed E-state index contributed by atoms with van der Waals surface area (Å²) in [5, 5.41) is 19.8. The number of ether oxygens (including phenoxy) is 1. The summed E-state index contributed by atoms with van der Waals surface area (Å²) in [5.41, 5.74) is 4.38. The van der Waals surface area contributed by atoms with E-state index in [1.54, 1.807) is 24.3 Å². The maximum Gasteiger partial charge on any atom is 0.409 e. The SMILES string of the molecule is CCCOc1c(C/C=C\C(F)(F)F)cc(-c2ccccc2-c2nn[nH]n2)cc1NC(=O)Nc1ccc(C)cc1. The maximum atomic E-state index is 13.0. The minimum atomic E-state index is -4.46. The molecule has 11 heteroatoms. The van der Waals surface area contributed by atoms with Gasteiger partial charge in [0.2, 0.25) is 5.82 Å². The normalized spacial score (nSPS) is 11.5. The van der Waals surface area contributed by atoms with Gasteiger partial charge in [-0.25, -0.2) is 4.79 Å². The van der Waals surface area contributed by atoms with Gasteiger partial charge in [-0.05, 0) is 60.4 Å². The Bertz CT molecular complexity index is 1430. The van der Waals surface area contributed by atoms with Crippen LogP contribution in [0.15, 0.2) is 72.8 Å². The quantitative estimate of drug-likeness (QED) is 0.201. The van der Waals surface area contributed by atoms with Gasteiger partial charge in [0.25, 0.3) is 0 Å². The van der Waals surface area contributed by atoms with E-state index < -0.39 is 12.2 Å². The number of aromatic nitrogens is 4. The molecule has 4 rings (SSSR count). The smallest absolute Gasteiger partial charge is 0.409 e. The third-order valence-corrected chi connectivity index (χ3v) is 5.64. The number of rotatable bonds is 9. The van der Waals surface area contributed by atoms with Crippen molar-refractivity contribution in [3.63, 3.8) is 0 Å². The Morgan fingerprint density at radius 3 is 2.46 bits per heavy atom. The summed E-state index contributed by atoms with van der Waals surface area (Å²) in [6.07, 6.45) is -2.66. The zero-order valence-electron chi connectivity index (χ0n) is 21.3. The molecule has 1 aromatic heterocycles. The van der Waals surface area contributed by atoms with E-state index in [9.17, 15) is 18.0 Å². The van der Waals surface area contributed by atoms with Crippen molar-refractivity contribution in [2.24, 2.45) is 0 Å². The number of aromatic amines is 1. The second-order valence-electron chi connectivity index (χ2n) is 8.73. The van der Waals surface area contributed by atoms with E-state index in [0.717, 1.165) is 11.6 Å². The molecule has 4 aromatic rings.